The van der Waals surface area contributed by atoms with Crippen molar-refractivity contribution in [3.63, 3.8) is 0 Å². The predicted octanol–water partition coefficient (Wildman–Crippen LogP) is 3.92. The zero-order valence-electron chi connectivity index (χ0n) is 15.4. The molecule has 0 saturated carbocycles. The van der Waals surface area contributed by atoms with Crippen molar-refractivity contribution in [1.82, 2.24) is 15.6 Å². The Hall–Kier alpha value is -1.76. The Labute approximate surface area is 182 Å². The van der Waals surface area contributed by atoms with E-state index in [-0.39, 0.29) is 30.5 Å². The SMILES string of the molecule is CN=C(NCCCOc1cccc(OC)c1)NCc1nc(C(F)(F)F)cs1.I. The highest BCUT2D eigenvalue weighted by molar-refractivity contribution is 14.0. The third-order valence-electron chi connectivity index (χ3n) is 3.40. The molecule has 2 rings (SSSR count). The fourth-order valence-corrected chi connectivity index (χ4v) is 2.80. The van der Waals surface area contributed by atoms with E-state index in [0.29, 0.717) is 30.5 Å². The molecule has 1 aromatic carbocycles. The lowest BCUT2D eigenvalue weighted by molar-refractivity contribution is -0.140. The summed E-state index contributed by atoms with van der Waals surface area (Å²) in [7, 11) is 3.18. The number of guanidine groups is 1. The maximum Gasteiger partial charge on any atom is 0.434 e. The highest BCUT2D eigenvalue weighted by atomic mass is 127. The van der Waals surface area contributed by atoms with Gasteiger partial charge in [0.25, 0.3) is 0 Å². The van der Waals surface area contributed by atoms with Crippen LogP contribution in [-0.2, 0) is 12.7 Å². The van der Waals surface area contributed by atoms with Crippen molar-refractivity contribution in [1.29, 1.82) is 0 Å². The molecule has 2 N–H and O–H groups in total. The monoisotopic (exact) mass is 530 g/mol. The first-order chi connectivity index (χ1) is 12.9. The van der Waals surface area contributed by atoms with Crippen LogP contribution >= 0.6 is 35.3 Å². The smallest absolute Gasteiger partial charge is 0.434 e. The molecule has 0 aliphatic carbocycles. The Balaban J connectivity index is 0.00000392. The number of alkyl halides is 3. The number of benzene rings is 1. The Morgan fingerprint density at radius 3 is 2.64 bits per heavy atom. The molecule has 11 heteroatoms. The van der Waals surface area contributed by atoms with Crippen molar-refractivity contribution in [2.75, 3.05) is 27.3 Å². The van der Waals surface area contributed by atoms with E-state index in [9.17, 15) is 13.2 Å². The molecule has 1 aromatic heterocycles. The first kappa shape index (κ1) is 24.3. The molecule has 156 valence electrons. The van der Waals surface area contributed by atoms with Crippen molar-refractivity contribution in [3.8, 4) is 11.5 Å². The van der Waals surface area contributed by atoms with Gasteiger partial charge in [-0.25, -0.2) is 4.98 Å². The van der Waals surface area contributed by atoms with E-state index in [1.165, 1.54) is 0 Å². The summed E-state index contributed by atoms with van der Waals surface area (Å²) in [5.41, 5.74) is -0.873. The Morgan fingerprint density at radius 1 is 1.25 bits per heavy atom. The zero-order valence-corrected chi connectivity index (χ0v) is 18.5. The Kier molecular flexibility index (Phi) is 10.4. The van der Waals surface area contributed by atoms with E-state index < -0.39 is 11.9 Å². The lowest BCUT2D eigenvalue weighted by Gasteiger charge is -2.11. The topological polar surface area (TPSA) is 67.8 Å². The normalized spacial score (nSPS) is 11.5. The molecular weight excluding hydrogens is 508 g/mol. The number of ether oxygens (including phenoxy) is 2. The first-order valence-electron chi connectivity index (χ1n) is 8.15. The van der Waals surface area contributed by atoms with E-state index in [0.717, 1.165) is 28.2 Å². The van der Waals surface area contributed by atoms with Gasteiger partial charge in [0.15, 0.2) is 11.7 Å². The molecule has 0 unspecified atom stereocenters. The summed E-state index contributed by atoms with van der Waals surface area (Å²) in [5.74, 6) is 1.94. The largest absolute Gasteiger partial charge is 0.497 e. The summed E-state index contributed by atoms with van der Waals surface area (Å²) in [5, 5.41) is 7.35. The third kappa shape index (κ3) is 8.09. The minimum atomic E-state index is -4.42. The molecule has 0 spiro atoms. The van der Waals surface area contributed by atoms with Gasteiger partial charge in [-0.2, -0.15) is 13.2 Å². The molecule has 0 radical (unpaired) electrons. The summed E-state index contributed by atoms with van der Waals surface area (Å²) in [6.45, 7) is 1.26. The second kappa shape index (κ2) is 11.9. The zero-order chi connectivity index (χ0) is 19.7. The maximum atomic E-state index is 12.5. The van der Waals surface area contributed by atoms with E-state index in [4.69, 9.17) is 9.47 Å². The van der Waals surface area contributed by atoms with Gasteiger partial charge < -0.3 is 20.1 Å². The van der Waals surface area contributed by atoms with Gasteiger partial charge in [0.05, 0.1) is 20.3 Å². The van der Waals surface area contributed by atoms with E-state index in [1.54, 1.807) is 20.2 Å². The van der Waals surface area contributed by atoms with E-state index in [2.05, 4.69) is 20.6 Å². The van der Waals surface area contributed by atoms with Crippen LogP contribution < -0.4 is 20.1 Å². The number of thiazole rings is 1. The third-order valence-corrected chi connectivity index (χ3v) is 4.25. The summed E-state index contributed by atoms with van der Waals surface area (Å²) in [6.07, 6.45) is -3.70. The molecule has 2 aromatic rings. The summed E-state index contributed by atoms with van der Waals surface area (Å²) >= 11 is 0.955. The lowest BCUT2D eigenvalue weighted by Crippen LogP contribution is -2.37. The fourth-order valence-electron chi connectivity index (χ4n) is 2.06. The van der Waals surface area contributed by atoms with Crippen LogP contribution in [0.3, 0.4) is 0 Å². The average molecular weight is 530 g/mol. The molecule has 6 nitrogen and oxygen atoms in total. The summed E-state index contributed by atoms with van der Waals surface area (Å²) in [6, 6.07) is 7.34. The molecule has 28 heavy (non-hydrogen) atoms. The van der Waals surface area contributed by atoms with Gasteiger partial charge in [-0.05, 0) is 18.6 Å². The standard InChI is InChI=1S/C17H21F3N4O2S.HI/c1-21-16(23-10-15-24-14(11-27-15)17(18,19)20)22-7-4-8-26-13-6-3-5-12(9-13)25-2;/h3,5-6,9,11H,4,7-8,10H2,1-2H3,(H2,21,22,23);1H. The van der Waals surface area contributed by atoms with Crippen LogP contribution in [0.4, 0.5) is 13.2 Å². The van der Waals surface area contributed by atoms with E-state index in [1.807, 2.05) is 18.2 Å². The number of hydrogen-bond acceptors (Lipinski definition) is 5. The highest BCUT2D eigenvalue weighted by Gasteiger charge is 2.33. The van der Waals surface area contributed by atoms with Crippen LogP contribution in [0.2, 0.25) is 0 Å². The minimum Gasteiger partial charge on any atom is -0.497 e. The number of halogens is 4. The van der Waals surface area contributed by atoms with Gasteiger partial charge in [0.2, 0.25) is 0 Å². The first-order valence-corrected chi connectivity index (χ1v) is 9.03. The molecular formula is C17H22F3IN4O2S. The molecule has 1 heterocycles. The van der Waals surface area contributed by atoms with Crippen LogP contribution in [0.25, 0.3) is 0 Å². The maximum absolute atomic E-state index is 12.5. The van der Waals surface area contributed by atoms with Gasteiger partial charge >= 0.3 is 6.18 Å². The van der Waals surface area contributed by atoms with Crippen molar-refractivity contribution in [2.45, 2.75) is 19.1 Å². The number of nitrogens with one attached hydrogen (secondary N) is 2. The van der Waals surface area contributed by atoms with Crippen LogP contribution in [0.15, 0.2) is 34.6 Å². The number of aliphatic imine (C=N–C) groups is 1. The van der Waals surface area contributed by atoms with Crippen molar-refractivity contribution in [2.24, 2.45) is 4.99 Å². The second-order valence-corrected chi connectivity index (χ2v) is 6.30. The molecule has 0 aliphatic rings. The molecule has 0 fully saturated rings. The van der Waals surface area contributed by atoms with Gasteiger partial charge in [0, 0.05) is 25.0 Å². The molecule has 0 amide bonds. The average Bonchev–Trinajstić information content (AvgIpc) is 3.13. The van der Waals surface area contributed by atoms with Crippen LogP contribution in [-0.4, -0.2) is 38.3 Å². The quantitative estimate of drug-likeness (QED) is 0.235. The fraction of sp³-hybridized carbons (Fsp3) is 0.412. The highest BCUT2D eigenvalue weighted by Crippen LogP contribution is 2.29. The molecule has 0 aliphatic heterocycles. The van der Waals surface area contributed by atoms with Gasteiger partial charge in [-0.15, -0.1) is 35.3 Å². The van der Waals surface area contributed by atoms with Gasteiger partial charge in [-0.3, -0.25) is 4.99 Å². The lowest BCUT2D eigenvalue weighted by atomic mass is 10.3. The van der Waals surface area contributed by atoms with Crippen molar-refractivity contribution < 1.29 is 22.6 Å². The van der Waals surface area contributed by atoms with Crippen molar-refractivity contribution >= 4 is 41.3 Å². The summed E-state index contributed by atoms with van der Waals surface area (Å²) < 4.78 is 48.4. The number of aromatic nitrogens is 1. The minimum absolute atomic E-state index is 0. The molecule has 0 bridgehead atoms. The van der Waals surface area contributed by atoms with Gasteiger partial charge in [0.1, 0.15) is 16.5 Å². The Morgan fingerprint density at radius 2 is 2.00 bits per heavy atom. The second-order valence-electron chi connectivity index (χ2n) is 5.36. The molecule has 0 saturated heterocycles. The van der Waals surface area contributed by atoms with Crippen molar-refractivity contribution in [3.05, 3.63) is 40.3 Å². The van der Waals surface area contributed by atoms with Gasteiger partial charge in [-0.1, -0.05) is 6.07 Å². The Bertz CT molecular complexity index is 756. The predicted molar refractivity (Wildman–Crippen MR) is 114 cm³/mol. The number of rotatable bonds is 8. The van der Waals surface area contributed by atoms with Crippen LogP contribution in [0.1, 0.15) is 17.1 Å². The number of nitrogens with zero attached hydrogens (tertiary/aromatic N) is 2. The number of methoxy groups -OCH3 is 1. The molecule has 0 atom stereocenters. The van der Waals surface area contributed by atoms with Crippen LogP contribution in [0.5, 0.6) is 11.5 Å². The number of hydrogen-bond donors (Lipinski definition) is 2. The van der Waals surface area contributed by atoms with Crippen LogP contribution in [0, 0.1) is 0 Å². The summed E-state index contributed by atoms with van der Waals surface area (Å²) in [4.78, 5) is 7.59. The van der Waals surface area contributed by atoms with E-state index >= 15 is 0 Å².